The summed E-state index contributed by atoms with van der Waals surface area (Å²) in [7, 11) is 0. The van der Waals surface area contributed by atoms with E-state index in [4.69, 9.17) is 9.73 Å². The zero-order chi connectivity index (χ0) is 21.2. The summed E-state index contributed by atoms with van der Waals surface area (Å²) in [5, 5.41) is 15.3. The summed E-state index contributed by atoms with van der Waals surface area (Å²) in [4.78, 5) is 4.78. The van der Waals surface area contributed by atoms with Crippen LogP contribution in [0.2, 0.25) is 0 Å². The summed E-state index contributed by atoms with van der Waals surface area (Å²) in [6.45, 7) is 10.2. The smallest absolute Gasteiger partial charge is 0.191 e. The molecule has 1 aliphatic heterocycles. The molecule has 1 aromatic heterocycles. The highest BCUT2D eigenvalue weighted by atomic mass is 16.5. The molecule has 0 bridgehead atoms. The third-order valence-corrected chi connectivity index (χ3v) is 5.33. The number of aryl methyl sites for hydroxylation is 2. The van der Waals surface area contributed by atoms with Crippen molar-refractivity contribution in [3.63, 3.8) is 0 Å². The Morgan fingerprint density at radius 1 is 1.17 bits per heavy atom. The van der Waals surface area contributed by atoms with Crippen molar-refractivity contribution >= 4 is 5.96 Å². The molecule has 7 heteroatoms. The van der Waals surface area contributed by atoms with Crippen molar-refractivity contribution in [1.82, 2.24) is 25.4 Å². The lowest BCUT2D eigenvalue weighted by Crippen LogP contribution is -2.37. The molecule has 0 aliphatic carbocycles. The molecule has 0 amide bonds. The van der Waals surface area contributed by atoms with Gasteiger partial charge in [0, 0.05) is 25.1 Å². The van der Waals surface area contributed by atoms with Crippen LogP contribution in [0.25, 0.3) is 0 Å². The van der Waals surface area contributed by atoms with Gasteiger partial charge >= 0.3 is 0 Å². The van der Waals surface area contributed by atoms with Gasteiger partial charge in [-0.15, -0.1) is 10.2 Å². The van der Waals surface area contributed by atoms with Crippen molar-refractivity contribution in [2.75, 3.05) is 13.2 Å². The zero-order valence-electron chi connectivity index (χ0n) is 18.7. The van der Waals surface area contributed by atoms with Gasteiger partial charge in [0.15, 0.2) is 11.8 Å². The molecule has 3 rings (SSSR count). The van der Waals surface area contributed by atoms with E-state index >= 15 is 0 Å². The number of fused-ring (bicyclic) bond motifs is 1. The first-order valence-electron chi connectivity index (χ1n) is 11.4. The van der Waals surface area contributed by atoms with Gasteiger partial charge in [-0.25, -0.2) is 4.99 Å². The predicted molar refractivity (Wildman–Crippen MR) is 121 cm³/mol. The van der Waals surface area contributed by atoms with E-state index in [0.717, 1.165) is 67.9 Å². The largest absolute Gasteiger partial charge is 0.493 e. The Balaban J connectivity index is 1.60. The summed E-state index contributed by atoms with van der Waals surface area (Å²) in [5.74, 6) is 3.79. The average Bonchev–Trinajstić information content (AvgIpc) is 3.35. The average molecular weight is 413 g/mol. The molecule has 1 aromatic carbocycles. The third-order valence-electron chi connectivity index (χ3n) is 5.33. The Morgan fingerprint density at radius 3 is 2.90 bits per heavy atom. The number of nitrogens with zero attached hydrogens (tertiary/aromatic N) is 4. The molecule has 0 radical (unpaired) electrons. The lowest BCUT2D eigenvalue weighted by Gasteiger charge is -2.14. The number of rotatable bonds is 11. The molecule has 164 valence electrons. The minimum atomic E-state index is 0.567. The Labute approximate surface area is 180 Å². The number of benzene rings is 1. The standard InChI is InChI=1S/C23H36N6O/c1-4-6-7-8-14-30-20-15-18(3)11-12-19(20)16-25-23(24-5-2)26-17-22-28-27-21-10-9-13-29(21)22/h11-12,15H,4-10,13-14,16-17H2,1-3H3,(H2,24,25,26). The van der Waals surface area contributed by atoms with E-state index in [1.165, 1.54) is 24.8 Å². The third kappa shape index (κ3) is 6.21. The molecular weight excluding hydrogens is 376 g/mol. The SMILES string of the molecule is CCCCCCOc1cc(C)ccc1CN=C(NCC)NCc1nnc2n1CCC2. The van der Waals surface area contributed by atoms with Crippen LogP contribution in [0.15, 0.2) is 23.2 Å². The first-order chi connectivity index (χ1) is 14.7. The van der Waals surface area contributed by atoms with Crippen LogP contribution in [0.1, 0.15) is 68.7 Å². The van der Waals surface area contributed by atoms with E-state index in [1.54, 1.807) is 0 Å². The van der Waals surface area contributed by atoms with E-state index in [0.29, 0.717) is 13.1 Å². The Morgan fingerprint density at radius 2 is 2.07 bits per heavy atom. The first kappa shape index (κ1) is 22.1. The van der Waals surface area contributed by atoms with Crippen LogP contribution >= 0.6 is 0 Å². The second kappa shape index (κ2) is 11.6. The van der Waals surface area contributed by atoms with Crippen molar-refractivity contribution in [3.8, 4) is 5.75 Å². The minimum Gasteiger partial charge on any atom is -0.493 e. The molecule has 0 unspecified atom stereocenters. The molecule has 2 aromatic rings. The lowest BCUT2D eigenvalue weighted by atomic mass is 10.1. The normalized spacial score (nSPS) is 13.4. The van der Waals surface area contributed by atoms with Gasteiger partial charge in [-0.1, -0.05) is 38.3 Å². The summed E-state index contributed by atoms with van der Waals surface area (Å²) in [6.07, 6.45) is 6.99. The number of aromatic nitrogens is 3. The van der Waals surface area contributed by atoms with Crippen LogP contribution in [0.4, 0.5) is 0 Å². The van der Waals surface area contributed by atoms with Gasteiger partial charge < -0.3 is 19.9 Å². The summed E-state index contributed by atoms with van der Waals surface area (Å²) >= 11 is 0. The van der Waals surface area contributed by atoms with Crippen molar-refractivity contribution < 1.29 is 4.74 Å². The Kier molecular flexibility index (Phi) is 8.53. The predicted octanol–water partition coefficient (Wildman–Crippen LogP) is 3.75. The maximum Gasteiger partial charge on any atom is 0.191 e. The van der Waals surface area contributed by atoms with Gasteiger partial charge in [-0.05, 0) is 38.3 Å². The second-order valence-corrected chi connectivity index (χ2v) is 7.86. The molecule has 2 heterocycles. The number of aliphatic imine (C=N–C) groups is 1. The fourth-order valence-corrected chi connectivity index (χ4v) is 3.65. The highest BCUT2D eigenvalue weighted by Crippen LogP contribution is 2.22. The van der Waals surface area contributed by atoms with Crippen LogP contribution in [-0.2, 0) is 26.1 Å². The second-order valence-electron chi connectivity index (χ2n) is 7.86. The van der Waals surface area contributed by atoms with Gasteiger partial charge in [0.1, 0.15) is 11.6 Å². The Bertz CT molecular complexity index is 829. The van der Waals surface area contributed by atoms with E-state index in [9.17, 15) is 0 Å². The van der Waals surface area contributed by atoms with Gasteiger partial charge in [0.2, 0.25) is 0 Å². The first-order valence-corrected chi connectivity index (χ1v) is 11.4. The van der Waals surface area contributed by atoms with Crippen LogP contribution in [0.5, 0.6) is 5.75 Å². The number of unbranched alkanes of at least 4 members (excludes halogenated alkanes) is 3. The number of guanidine groups is 1. The van der Waals surface area contributed by atoms with Crippen molar-refractivity contribution in [2.45, 2.75) is 78.9 Å². The van der Waals surface area contributed by atoms with E-state index in [1.807, 2.05) is 0 Å². The number of hydrogen-bond donors (Lipinski definition) is 2. The van der Waals surface area contributed by atoms with Gasteiger partial charge in [-0.3, -0.25) is 0 Å². The molecule has 0 atom stereocenters. The van der Waals surface area contributed by atoms with Crippen molar-refractivity contribution in [2.24, 2.45) is 4.99 Å². The zero-order valence-corrected chi connectivity index (χ0v) is 18.7. The molecule has 7 nitrogen and oxygen atoms in total. The maximum absolute atomic E-state index is 6.09. The van der Waals surface area contributed by atoms with Crippen LogP contribution in [-0.4, -0.2) is 33.9 Å². The lowest BCUT2D eigenvalue weighted by molar-refractivity contribution is 0.302. The molecule has 2 N–H and O–H groups in total. The topological polar surface area (TPSA) is 76.4 Å². The summed E-state index contributed by atoms with van der Waals surface area (Å²) < 4.78 is 8.30. The highest BCUT2D eigenvalue weighted by molar-refractivity contribution is 5.79. The van der Waals surface area contributed by atoms with Gasteiger partial charge in [0.25, 0.3) is 0 Å². The van der Waals surface area contributed by atoms with Crippen molar-refractivity contribution in [3.05, 3.63) is 41.0 Å². The Hall–Kier alpha value is -2.57. The fourth-order valence-electron chi connectivity index (χ4n) is 3.65. The van der Waals surface area contributed by atoms with Crippen LogP contribution in [0, 0.1) is 6.92 Å². The molecule has 30 heavy (non-hydrogen) atoms. The number of ether oxygens (including phenoxy) is 1. The molecule has 0 spiro atoms. The molecule has 0 saturated carbocycles. The van der Waals surface area contributed by atoms with Gasteiger partial charge in [0.05, 0.1) is 19.7 Å². The van der Waals surface area contributed by atoms with Crippen LogP contribution in [0.3, 0.4) is 0 Å². The quantitative estimate of drug-likeness (QED) is 0.334. The molecular formula is C23H36N6O. The molecule has 0 fully saturated rings. The summed E-state index contributed by atoms with van der Waals surface area (Å²) in [5.41, 5.74) is 2.31. The minimum absolute atomic E-state index is 0.567. The van der Waals surface area contributed by atoms with E-state index in [2.05, 4.69) is 64.4 Å². The fraction of sp³-hybridized carbons (Fsp3) is 0.609. The van der Waals surface area contributed by atoms with Gasteiger partial charge in [-0.2, -0.15) is 0 Å². The monoisotopic (exact) mass is 412 g/mol. The van der Waals surface area contributed by atoms with Crippen molar-refractivity contribution in [1.29, 1.82) is 0 Å². The number of nitrogens with one attached hydrogen (secondary N) is 2. The molecule has 1 aliphatic rings. The van der Waals surface area contributed by atoms with E-state index in [-0.39, 0.29) is 0 Å². The van der Waals surface area contributed by atoms with Crippen LogP contribution < -0.4 is 15.4 Å². The highest BCUT2D eigenvalue weighted by Gasteiger charge is 2.17. The maximum atomic E-state index is 6.09. The number of hydrogen-bond acceptors (Lipinski definition) is 4. The summed E-state index contributed by atoms with van der Waals surface area (Å²) in [6, 6.07) is 6.36. The van der Waals surface area contributed by atoms with E-state index < -0.39 is 0 Å². The molecule has 0 saturated heterocycles.